The maximum Gasteiger partial charge on any atom is 0.410 e. The molecular formula is C17H22BrNO2. The van der Waals surface area contributed by atoms with Crippen LogP contribution in [0.4, 0.5) is 4.79 Å². The van der Waals surface area contributed by atoms with E-state index >= 15 is 0 Å². The molecule has 1 amide bonds. The third-order valence-electron chi connectivity index (χ3n) is 4.93. The number of ether oxygens (including phenoxy) is 1. The number of benzene rings is 1. The van der Waals surface area contributed by atoms with Crippen molar-refractivity contribution in [3.05, 3.63) is 34.3 Å². The molecule has 3 rings (SSSR count). The predicted molar refractivity (Wildman–Crippen MR) is 86.2 cm³/mol. The molecule has 0 N–H and O–H groups in total. The first kappa shape index (κ1) is 14.9. The molecule has 0 aromatic heterocycles. The predicted octanol–water partition coefficient (Wildman–Crippen LogP) is 5.06. The molecular weight excluding hydrogens is 330 g/mol. The van der Waals surface area contributed by atoms with E-state index in [9.17, 15) is 4.79 Å². The van der Waals surface area contributed by atoms with Crippen molar-refractivity contribution in [1.82, 2.24) is 4.90 Å². The van der Waals surface area contributed by atoms with Crippen molar-refractivity contribution in [3.8, 4) is 0 Å². The molecule has 1 aliphatic carbocycles. The van der Waals surface area contributed by atoms with Crippen LogP contribution >= 0.6 is 15.9 Å². The molecule has 1 aromatic carbocycles. The minimum Gasteiger partial charge on any atom is -0.443 e. The molecule has 3 nitrogen and oxygen atoms in total. The number of carbonyl (C=O) groups is 1. The van der Waals surface area contributed by atoms with Gasteiger partial charge in [-0.15, -0.1) is 0 Å². The van der Waals surface area contributed by atoms with Crippen LogP contribution < -0.4 is 0 Å². The van der Waals surface area contributed by atoms with E-state index in [1.807, 2.05) is 17.0 Å². The lowest BCUT2D eigenvalue weighted by molar-refractivity contribution is -0.0751. The second-order valence-electron chi connectivity index (χ2n) is 6.28. The Bertz CT molecular complexity index is 508. The minimum absolute atomic E-state index is 0.0616. The van der Waals surface area contributed by atoms with Gasteiger partial charge in [-0.3, -0.25) is 0 Å². The minimum atomic E-state index is -0.161. The van der Waals surface area contributed by atoms with Gasteiger partial charge >= 0.3 is 6.09 Å². The zero-order chi connectivity index (χ0) is 14.9. The Hall–Kier alpha value is -1.03. The van der Waals surface area contributed by atoms with Crippen LogP contribution in [0.15, 0.2) is 28.7 Å². The summed E-state index contributed by atoms with van der Waals surface area (Å²) in [6.07, 6.45) is 6.57. The molecule has 114 valence electrons. The standard InChI is InChI=1S/C17H22BrNO2/c1-13(14-5-7-15(18)8-6-14)19-12-11-17(21-16(19)20)9-3-2-4-10-17/h5-8,13H,2-4,9-12H2,1H3/t13-/m0/s1. The van der Waals surface area contributed by atoms with E-state index in [1.54, 1.807) is 0 Å². The third-order valence-corrected chi connectivity index (χ3v) is 5.46. The highest BCUT2D eigenvalue weighted by molar-refractivity contribution is 9.10. The summed E-state index contributed by atoms with van der Waals surface area (Å²) < 4.78 is 6.93. The highest BCUT2D eigenvalue weighted by Gasteiger charge is 2.42. The van der Waals surface area contributed by atoms with Crippen molar-refractivity contribution < 1.29 is 9.53 Å². The van der Waals surface area contributed by atoms with E-state index in [0.717, 1.165) is 35.8 Å². The Labute approximate surface area is 134 Å². The lowest BCUT2D eigenvalue weighted by atomic mass is 9.81. The number of nitrogens with zero attached hydrogens (tertiary/aromatic N) is 1. The average Bonchev–Trinajstić information content (AvgIpc) is 2.48. The van der Waals surface area contributed by atoms with Crippen LogP contribution in [0.2, 0.25) is 0 Å². The molecule has 21 heavy (non-hydrogen) atoms. The summed E-state index contributed by atoms with van der Waals surface area (Å²) in [4.78, 5) is 14.3. The quantitative estimate of drug-likeness (QED) is 0.745. The van der Waals surface area contributed by atoms with Crippen molar-refractivity contribution in [2.75, 3.05) is 6.54 Å². The molecule has 1 spiro atoms. The number of halogens is 1. The maximum atomic E-state index is 12.4. The van der Waals surface area contributed by atoms with Gasteiger partial charge in [0, 0.05) is 17.4 Å². The monoisotopic (exact) mass is 351 g/mol. The molecule has 0 unspecified atom stereocenters. The number of amides is 1. The van der Waals surface area contributed by atoms with E-state index in [2.05, 4.69) is 35.0 Å². The normalized spacial score (nSPS) is 23.0. The summed E-state index contributed by atoms with van der Waals surface area (Å²) in [6, 6.07) is 8.22. The Morgan fingerprint density at radius 1 is 1.14 bits per heavy atom. The van der Waals surface area contributed by atoms with Gasteiger partial charge in [-0.25, -0.2) is 4.79 Å². The average molecular weight is 352 g/mol. The van der Waals surface area contributed by atoms with E-state index in [1.165, 1.54) is 19.3 Å². The fraction of sp³-hybridized carbons (Fsp3) is 0.588. The smallest absolute Gasteiger partial charge is 0.410 e. The molecule has 2 fully saturated rings. The number of rotatable bonds is 2. The molecule has 1 aromatic rings. The van der Waals surface area contributed by atoms with Crippen LogP contribution in [0, 0.1) is 0 Å². The zero-order valence-corrected chi connectivity index (χ0v) is 14.1. The van der Waals surface area contributed by atoms with Crippen molar-refractivity contribution in [1.29, 1.82) is 0 Å². The van der Waals surface area contributed by atoms with E-state index in [-0.39, 0.29) is 17.7 Å². The summed E-state index contributed by atoms with van der Waals surface area (Å²) in [7, 11) is 0. The van der Waals surface area contributed by atoms with Gasteiger partial charge in [0.15, 0.2) is 0 Å². The Balaban J connectivity index is 1.70. The van der Waals surface area contributed by atoms with Crippen LogP contribution in [0.3, 0.4) is 0 Å². The molecule has 1 aliphatic heterocycles. The zero-order valence-electron chi connectivity index (χ0n) is 12.5. The molecule has 1 heterocycles. The number of hydrogen-bond donors (Lipinski definition) is 0. The maximum absolute atomic E-state index is 12.4. The second kappa shape index (κ2) is 5.99. The first-order chi connectivity index (χ1) is 10.1. The SMILES string of the molecule is C[C@@H](c1ccc(Br)cc1)N1CCC2(CCCCC2)OC1=O. The molecule has 0 bridgehead atoms. The molecule has 4 heteroatoms. The third kappa shape index (κ3) is 3.10. The lowest BCUT2D eigenvalue weighted by Crippen LogP contribution is -2.51. The van der Waals surface area contributed by atoms with Crippen LogP contribution in [-0.4, -0.2) is 23.1 Å². The van der Waals surface area contributed by atoms with Crippen molar-refractivity contribution in [3.63, 3.8) is 0 Å². The van der Waals surface area contributed by atoms with Gasteiger partial charge in [0.25, 0.3) is 0 Å². The summed E-state index contributed by atoms with van der Waals surface area (Å²) in [5.74, 6) is 0. The summed E-state index contributed by atoms with van der Waals surface area (Å²) in [5, 5.41) is 0. The Morgan fingerprint density at radius 2 is 1.81 bits per heavy atom. The Kier molecular flexibility index (Phi) is 4.25. The second-order valence-corrected chi connectivity index (χ2v) is 7.20. The van der Waals surface area contributed by atoms with Crippen molar-refractivity contribution >= 4 is 22.0 Å². The fourth-order valence-corrected chi connectivity index (χ4v) is 3.80. The van der Waals surface area contributed by atoms with Gasteiger partial charge in [-0.1, -0.05) is 34.5 Å². The highest BCUT2D eigenvalue weighted by atomic mass is 79.9. The van der Waals surface area contributed by atoms with E-state index in [0.29, 0.717) is 0 Å². The first-order valence-corrected chi connectivity index (χ1v) is 8.64. The van der Waals surface area contributed by atoms with Crippen LogP contribution in [0.5, 0.6) is 0 Å². The molecule has 1 atom stereocenters. The number of hydrogen-bond acceptors (Lipinski definition) is 2. The highest BCUT2D eigenvalue weighted by Crippen LogP contribution is 2.39. The molecule has 1 saturated carbocycles. The van der Waals surface area contributed by atoms with Gasteiger partial charge < -0.3 is 9.64 Å². The van der Waals surface area contributed by atoms with E-state index < -0.39 is 0 Å². The molecule has 0 radical (unpaired) electrons. The summed E-state index contributed by atoms with van der Waals surface area (Å²) in [5.41, 5.74) is 0.986. The van der Waals surface area contributed by atoms with Crippen LogP contribution in [0.25, 0.3) is 0 Å². The summed E-state index contributed by atoms with van der Waals surface area (Å²) in [6.45, 7) is 2.87. The van der Waals surface area contributed by atoms with Gasteiger partial charge in [0.1, 0.15) is 5.60 Å². The largest absolute Gasteiger partial charge is 0.443 e. The van der Waals surface area contributed by atoms with Crippen molar-refractivity contribution in [2.45, 2.75) is 57.1 Å². The van der Waals surface area contributed by atoms with Gasteiger partial charge in [0.2, 0.25) is 0 Å². The van der Waals surface area contributed by atoms with Gasteiger partial charge in [-0.05, 0) is 50.3 Å². The summed E-state index contributed by atoms with van der Waals surface area (Å²) >= 11 is 3.45. The first-order valence-electron chi connectivity index (χ1n) is 7.85. The topological polar surface area (TPSA) is 29.5 Å². The number of carbonyl (C=O) groups excluding carboxylic acids is 1. The molecule has 2 aliphatic rings. The Morgan fingerprint density at radius 3 is 2.43 bits per heavy atom. The van der Waals surface area contributed by atoms with Crippen LogP contribution in [-0.2, 0) is 4.74 Å². The van der Waals surface area contributed by atoms with Crippen LogP contribution in [0.1, 0.15) is 57.1 Å². The van der Waals surface area contributed by atoms with Gasteiger partial charge in [-0.2, -0.15) is 0 Å². The fourth-order valence-electron chi connectivity index (χ4n) is 3.53. The van der Waals surface area contributed by atoms with Crippen molar-refractivity contribution in [2.24, 2.45) is 0 Å². The van der Waals surface area contributed by atoms with E-state index in [4.69, 9.17) is 4.74 Å². The van der Waals surface area contributed by atoms with Gasteiger partial charge in [0.05, 0.1) is 6.04 Å². The lowest BCUT2D eigenvalue weighted by Gasteiger charge is -2.45. The molecule has 1 saturated heterocycles.